The summed E-state index contributed by atoms with van der Waals surface area (Å²) in [6, 6.07) is 81.8. The summed E-state index contributed by atoms with van der Waals surface area (Å²) in [5.74, 6) is 0.853. The van der Waals surface area contributed by atoms with Crippen LogP contribution in [0, 0.1) is 0 Å². The summed E-state index contributed by atoms with van der Waals surface area (Å²) < 4.78 is 0. The van der Waals surface area contributed by atoms with Crippen molar-refractivity contribution in [3.05, 3.63) is 264 Å². The molecule has 0 aliphatic carbocycles. The normalized spacial score (nSPS) is 13.7. The fraction of sp³-hybridized carbons (Fsp3) is 0.0678. The van der Waals surface area contributed by atoms with Gasteiger partial charge in [0.05, 0.1) is 6.04 Å². The highest BCUT2D eigenvalue weighted by Gasteiger charge is 2.26. The molecule has 0 spiro atoms. The van der Waals surface area contributed by atoms with E-state index < -0.39 is 0 Å². The number of hydrogen-bond acceptors (Lipinski definition) is 4. The molecule has 0 bridgehead atoms. The maximum atomic E-state index is 6.81. The van der Waals surface area contributed by atoms with E-state index in [0.29, 0.717) is 6.54 Å². The number of nitrogens with one attached hydrogen (secondary N) is 1. The molecular weight excluding hydrogens is 765 g/mol. The van der Waals surface area contributed by atoms with Crippen LogP contribution >= 0.6 is 0 Å². The van der Waals surface area contributed by atoms with E-state index in [-0.39, 0.29) is 12.1 Å². The minimum Gasteiger partial charge on any atom is -0.398 e. The first-order valence-electron chi connectivity index (χ1n) is 21.6. The first-order chi connectivity index (χ1) is 31.0. The highest BCUT2D eigenvalue weighted by atomic mass is 15.1. The van der Waals surface area contributed by atoms with Crippen LogP contribution in [-0.2, 0) is 6.54 Å². The quantitative estimate of drug-likeness (QED) is 0.128. The van der Waals surface area contributed by atoms with Crippen molar-refractivity contribution in [2.24, 2.45) is 4.99 Å². The average molecular weight is 813 g/mol. The maximum Gasteiger partial charge on any atom is 0.133 e. The third kappa shape index (κ3) is 8.45. The van der Waals surface area contributed by atoms with Gasteiger partial charge in [0.15, 0.2) is 0 Å². The SMILES string of the molecule is CN(Cc1ccc(C2=NC(c3cc(-c4ccccc4)cc(-c4ccccc4)c3)c3ccccc3N2)cc1)C(c1cc(-c2ccccc2)cc(-c2ccccc2)c1)c1ccccc1N. The van der Waals surface area contributed by atoms with Gasteiger partial charge in [0, 0.05) is 29.0 Å². The molecule has 1 heterocycles. The zero-order chi connectivity index (χ0) is 42.5. The zero-order valence-corrected chi connectivity index (χ0v) is 35.3. The molecule has 4 nitrogen and oxygen atoms in total. The minimum absolute atomic E-state index is 0.105. The van der Waals surface area contributed by atoms with E-state index in [1.807, 2.05) is 12.1 Å². The monoisotopic (exact) mass is 812 g/mol. The Morgan fingerprint density at radius 3 is 1.46 bits per heavy atom. The van der Waals surface area contributed by atoms with Gasteiger partial charge >= 0.3 is 0 Å². The first-order valence-corrected chi connectivity index (χ1v) is 21.6. The van der Waals surface area contributed by atoms with Crippen LogP contribution in [0.25, 0.3) is 44.5 Å². The topological polar surface area (TPSA) is 53.6 Å². The number of hydrogen-bond donors (Lipinski definition) is 2. The lowest BCUT2D eigenvalue weighted by Gasteiger charge is -2.31. The van der Waals surface area contributed by atoms with E-state index in [9.17, 15) is 0 Å². The van der Waals surface area contributed by atoms with Crippen molar-refractivity contribution < 1.29 is 0 Å². The van der Waals surface area contributed by atoms with Gasteiger partial charge in [0.2, 0.25) is 0 Å². The summed E-state index contributed by atoms with van der Waals surface area (Å²) in [7, 11) is 2.20. The minimum atomic E-state index is -0.195. The number of para-hydroxylation sites is 2. The van der Waals surface area contributed by atoms with Crippen LogP contribution in [0.1, 0.15) is 45.5 Å². The molecule has 1 aliphatic rings. The van der Waals surface area contributed by atoms with Gasteiger partial charge in [-0.2, -0.15) is 0 Å². The van der Waals surface area contributed by atoms with Crippen molar-refractivity contribution in [2.75, 3.05) is 18.1 Å². The molecule has 9 aromatic carbocycles. The van der Waals surface area contributed by atoms with Gasteiger partial charge in [-0.1, -0.05) is 182 Å². The van der Waals surface area contributed by atoms with Gasteiger partial charge in [0.1, 0.15) is 11.9 Å². The largest absolute Gasteiger partial charge is 0.398 e. The Hall–Kier alpha value is -7.79. The molecule has 0 aromatic heterocycles. The summed E-state index contributed by atoms with van der Waals surface area (Å²) in [5.41, 5.74) is 24.9. The van der Waals surface area contributed by atoms with Crippen molar-refractivity contribution in [1.29, 1.82) is 0 Å². The third-order valence-corrected chi connectivity index (χ3v) is 12.1. The number of nitrogens with zero attached hydrogens (tertiary/aromatic N) is 2. The van der Waals surface area contributed by atoms with Crippen LogP contribution in [-0.4, -0.2) is 17.8 Å². The summed E-state index contributed by atoms with van der Waals surface area (Å²) >= 11 is 0. The van der Waals surface area contributed by atoms with E-state index >= 15 is 0 Å². The predicted octanol–water partition coefficient (Wildman–Crippen LogP) is 14.1. The molecule has 2 unspecified atom stereocenters. The predicted molar refractivity (Wildman–Crippen MR) is 264 cm³/mol. The molecule has 3 N–H and O–H groups in total. The van der Waals surface area contributed by atoms with Crippen molar-refractivity contribution >= 4 is 17.2 Å². The second kappa shape index (κ2) is 17.7. The summed E-state index contributed by atoms with van der Waals surface area (Å²) in [5, 5.41) is 3.70. The number of fused-ring (bicyclic) bond motifs is 1. The Bertz CT molecular complexity index is 2900. The standard InChI is InChI=1S/C59H48N4/c1-63(58(53-26-14-16-28-55(53)60)52-38-49(44-22-10-4-11-23-44)35-50(39-52)45-24-12-5-13-25-45)40-41-30-32-46(33-31-41)59-61-56-29-17-15-27-54(56)57(62-59)51-36-47(42-18-6-2-7-19-42)34-48(37-51)43-20-8-3-9-21-43/h2-39,57-58H,40,60H2,1H3,(H,61,62). The Morgan fingerprint density at radius 1 is 0.476 bits per heavy atom. The second-order valence-electron chi connectivity index (χ2n) is 16.4. The second-order valence-corrected chi connectivity index (χ2v) is 16.4. The van der Waals surface area contributed by atoms with Gasteiger partial charge in [0.25, 0.3) is 0 Å². The molecule has 0 amide bonds. The van der Waals surface area contributed by atoms with Crippen LogP contribution < -0.4 is 11.1 Å². The third-order valence-electron chi connectivity index (χ3n) is 12.1. The Kier molecular flexibility index (Phi) is 11.0. The van der Waals surface area contributed by atoms with E-state index in [0.717, 1.165) is 39.5 Å². The molecule has 2 atom stereocenters. The lowest BCUT2D eigenvalue weighted by molar-refractivity contribution is 0.271. The molecule has 0 saturated carbocycles. The molecule has 0 radical (unpaired) electrons. The van der Waals surface area contributed by atoms with Gasteiger partial charge in [-0.05, 0) is 122 Å². The van der Waals surface area contributed by atoms with Crippen LogP contribution in [0.2, 0.25) is 0 Å². The van der Waals surface area contributed by atoms with Gasteiger partial charge in [-0.15, -0.1) is 0 Å². The van der Waals surface area contributed by atoms with Crippen molar-refractivity contribution in [3.8, 4) is 44.5 Å². The van der Waals surface area contributed by atoms with Gasteiger partial charge < -0.3 is 11.1 Å². The lowest BCUT2D eigenvalue weighted by Crippen LogP contribution is -2.26. The number of nitrogen functional groups attached to an aromatic ring is 1. The van der Waals surface area contributed by atoms with Crippen molar-refractivity contribution in [3.63, 3.8) is 0 Å². The van der Waals surface area contributed by atoms with Crippen molar-refractivity contribution in [2.45, 2.75) is 18.6 Å². The summed E-state index contributed by atoms with van der Waals surface area (Å²) in [6.07, 6.45) is 0. The van der Waals surface area contributed by atoms with E-state index in [2.05, 4.69) is 236 Å². The molecule has 0 fully saturated rings. The Labute approximate surface area is 370 Å². The van der Waals surface area contributed by atoms with Crippen LogP contribution in [0.4, 0.5) is 11.4 Å². The number of anilines is 2. The lowest BCUT2D eigenvalue weighted by atomic mass is 9.89. The molecule has 304 valence electrons. The average Bonchev–Trinajstić information content (AvgIpc) is 3.35. The molecule has 63 heavy (non-hydrogen) atoms. The Balaban J connectivity index is 0.996. The molecular formula is C59H48N4. The first kappa shape index (κ1) is 39.4. The maximum absolute atomic E-state index is 6.81. The molecule has 0 saturated heterocycles. The van der Waals surface area contributed by atoms with Crippen LogP contribution in [0.15, 0.2) is 236 Å². The molecule has 1 aliphatic heterocycles. The summed E-state index contributed by atoms with van der Waals surface area (Å²) in [6.45, 7) is 0.704. The highest BCUT2D eigenvalue weighted by molar-refractivity contribution is 6.10. The molecule has 9 aromatic rings. The van der Waals surface area contributed by atoms with Gasteiger partial charge in [-0.25, -0.2) is 0 Å². The number of benzene rings is 9. The van der Waals surface area contributed by atoms with E-state index in [1.165, 1.54) is 55.6 Å². The zero-order valence-electron chi connectivity index (χ0n) is 35.3. The van der Waals surface area contributed by atoms with E-state index in [4.69, 9.17) is 10.7 Å². The highest BCUT2D eigenvalue weighted by Crippen LogP contribution is 2.41. The fourth-order valence-electron chi connectivity index (χ4n) is 9.00. The smallest absolute Gasteiger partial charge is 0.133 e. The van der Waals surface area contributed by atoms with Crippen LogP contribution in [0.5, 0.6) is 0 Å². The van der Waals surface area contributed by atoms with Crippen molar-refractivity contribution in [1.82, 2.24) is 4.90 Å². The van der Waals surface area contributed by atoms with Gasteiger partial charge in [-0.3, -0.25) is 9.89 Å². The number of amidine groups is 1. The fourth-order valence-corrected chi connectivity index (χ4v) is 9.00. The summed E-state index contributed by atoms with van der Waals surface area (Å²) in [4.78, 5) is 7.90. The Morgan fingerprint density at radius 2 is 0.937 bits per heavy atom. The van der Waals surface area contributed by atoms with E-state index in [1.54, 1.807) is 0 Å². The number of rotatable bonds is 11. The molecule has 4 heteroatoms. The molecule has 10 rings (SSSR count). The number of nitrogens with two attached hydrogens (primary N) is 1. The van der Waals surface area contributed by atoms with Crippen LogP contribution in [0.3, 0.4) is 0 Å². The number of aliphatic imine (C=N–C) groups is 1.